The van der Waals surface area contributed by atoms with Gasteiger partial charge in [-0.1, -0.05) is 6.92 Å². The highest BCUT2D eigenvalue weighted by Crippen LogP contribution is 2.31. The molecule has 0 aliphatic heterocycles. The Morgan fingerprint density at radius 2 is 1.93 bits per heavy atom. The lowest BCUT2D eigenvalue weighted by atomic mass is 10.2. The van der Waals surface area contributed by atoms with Crippen molar-refractivity contribution in [2.45, 2.75) is 13.3 Å². The van der Waals surface area contributed by atoms with Crippen molar-refractivity contribution >= 4 is 38.6 Å². The SMILES string of the molecule is CCCOc1ccc(C(=O)Nc2ccc3oc(-c4ccc(O)c(Br)c4)nc3c2)cc1. The first kappa shape index (κ1) is 20.0. The number of benzene rings is 3. The summed E-state index contributed by atoms with van der Waals surface area (Å²) in [6.07, 6.45) is 0.929. The average molecular weight is 467 g/mol. The molecule has 3 aromatic carbocycles. The van der Waals surface area contributed by atoms with E-state index in [-0.39, 0.29) is 11.7 Å². The van der Waals surface area contributed by atoms with Gasteiger partial charge in [0.15, 0.2) is 5.58 Å². The number of nitrogens with zero attached hydrogens (tertiary/aromatic N) is 1. The molecule has 0 atom stereocenters. The first-order valence-corrected chi connectivity index (χ1v) is 10.3. The van der Waals surface area contributed by atoms with Crippen molar-refractivity contribution in [3.05, 3.63) is 70.7 Å². The van der Waals surface area contributed by atoms with Gasteiger partial charge >= 0.3 is 0 Å². The maximum Gasteiger partial charge on any atom is 0.255 e. The number of aromatic hydroxyl groups is 1. The van der Waals surface area contributed by atoms with Crippen LogP contribution in [0.25, 0.3) is 22.6 Å². The van der Waals surface area contributed by atoms with Crippen molar-refractivity contribution in [1.29, 1.82) is 0 Å². The molecular weight excluding hydrogens is 448 g/mol. The summed E-state index contributed by atoms with van der Waals surface area (Å²) >= 11 is 3.29. The summed E-state index contributed by atoms with van der Waals surface area (Å²) in [5.41, 5.74) is 3.10. The standard InChI is InChI=1S/C23H19BrN2O4/c1-2-11-29-17-7-3-14(4-8-17)22(28)25-16-6-10-21-19(13-16)26-23(30-21)15-5-9-20(27)18(24)12-15/h3-10,12-13,27H,2,11H2,1H3,(H,25,28). The monoisotopic (exact) mass is 466 g/mol. The second-order valence-electron chi connectivity index (χ2n) is 6.69. The number of carbonyl (C=O) groups excluding carboxylic acids is 1. The molecular formula is C23H19BrN2O4. The number of halogens is 1. The third-order valence-electron chi connectivity index (χ3n) is 4.43. The average Bonchev–Trinajstić information content (AvgIpc) is 3.18. The van der Waals surface area contributed by atoms with E-state index in [0.29, 0.717) is 39.3 Å². The molecule has 6 nitrogen and oxygen atoms in total. The number of hydrogen-bond donors (Lipinski definition) is 2. The van der Waals surface area contributed by atoms with Crippen LogP contribution in [0.15, 0.2) is 69.6 Å². The van der Waals surface area contributed by atoms with Gasteiger partial charge in [0.25, 0.3) is 5.91 Å². The van der Waals surface area contributed by atoms with Crippen LogP contribution in [0.4, 0.5) is 5.69 Å². The Morgan fingerprint density at radius 1 is 1.13 bits per heavy atom. The Balaban J connectivity index is 1.52. The van der Waals surface area contributed by atoms with Gasteiger partial charge in [-0.25, -0.2) is 4.98 Å². The number of aromatic nitrogens is 1. The summed E-state index contributed by atoms with van der Waals surface area (Å²) in [5.74, 6) is 1.09. The minimum atomic E-state index is -0.220. The lowest BCUT2D eigenvalue weighted by Crippen LogP contribution is -2.11. The Hall–Kier alpha value is -3.32. The summed E-state index contributed by atoms with van der Waals surface area (Å²) in [5, 5.41) is 12.5. The quantitative estimate of drug-likeness (QED) is 0.363. The molecule has 2 N–H and O–H groups in total. The highest BCUT2D eigenvalue weighted by Gasteiger charge is 2.12. The van der Waals surface area contributed by atoms with Gasteiger partial charge in [0, 0.05) is 16.8 Å². The smallest absolute Gasteiger partial charge is 0.255 e. The van der Waals surface area contributed by atoms with E-state index in [1.807, 2.05) is 6.92 Å². The zero-order valence-corrected chi connectivity index (χ0v) is 17.8. The molecule has 30 heavy (non-hydrogen) atoms. The zero-order chi connectivity index (χ0) is 21.1. The van der Waals surface area contributed by atoms with Crippen LogP contribution in [-0.2, 0) is 0 Å². The van der Waals surface area contributed by atoms with Gasteiger partial charge in [-0.15, -0.1) is 0 Å². The fraction of sp³-hybridized carbons (Fsp3) is 0.130. The van der Waals surface area contributed by atoms with Gasteiger partial charge in [-0.05, 0) is 83.0 Å². The lowest BCUT2D eigenvalue weighted by Gasteiger charge is -2.07. The number of anilines is 1. The molecule has 0 aliphatic rings. The van der Waals surface area contributed by atoms with E-state index in [1.165, 1.54) is 0 Å². The van der Waals surface area contributed by atoms with Crippen molar-refractivity contribution in [2.24, 2.45) is 0 Å². The minimum Gasteiger partial charge on any atom is -0.507 e. The topological polar surface area (TPSA) is 84.6 Å². The van der Waals surface area contributed by atoms with Crippen LogP contribution in [0.2, 0.25) is 0 Å². The second-order valence-corrected chi connectivity index (χ2v) is 7.55. The first-order valence-electron chi connectivity index (χ1n) is 9.47. The number of amides is 1. The molecule has 1 amide bonds. The Kier molecular flexibility index (Phi) is 5.72. The van der Waals surface area contributed by atoms with E-state index in [1.54, 1.807) is 60.7 Å². The molecule has 1 heterocycles. The predicted molar refractivity (Wildman–Crippen MR) is 119 cm³/mol. The molecule has 4 aromatic rings. The summed E-state index contributed by atoms with van der Waals surface area (Å²) in [4.78, 5) is 17.0. The van der Waals surface area contributed by atoms with Crippen LogP contribution >= 0.6 is 15.9 Å². The van der Waals surface area contributed by atoms with Crippen molar-refractivity contribution in [3.63, 3.8) is 0 Å². The van der Waals surface area contributed by atoms with Gasteiger partial charge in [-0.2, -0.15) is 0 Å². The maximum absolute atomic E-state index is 12.5. The van der Waals surface area contributed by atoms with Gasteiger partial charge in [0.2, 0.25) is 5.89 Å². The largest absolute Gasteiger partial charge is 0.507 e. The Bertz CT molecular complexity index is 1200. The van der Waals surface area contributed by atoms with Crippen LogP contribution in [0, 0.1) is 0 Å². The van der Waals surface area contributed by atoms with Crippen molar-refractivity contribution < 1.29 is 19.1 Å². The van der Waals surface area contributed by atoms with Gasteiger partial charge < -0.3 is 19.6 Å². The van der Waals surface area contributed by atoms with Crippen LogP contribution in [0.1, 0.15) is 23.7 Å². The number of phenols is 1. The zero-order valence-electron chi connectivity index (χ0n) is 16.2. The Labute approximate surface area is 181 Å². The minimum absolute atomic E-state index is 0.143. The van der Waals surface area contributed by atoms with Crippen LogP contribution in [0.3, 0.4) is 0 Å². The second kappa shape index (κ2) is 8.59. The summed E-state index contributed by atoms with van der Waals surface area (Å²) in [6.45, 7) is 2.69. The molecule has 0 bridgehead atoms. The van der Waals surface area contributed by atoms with E-state index in [2.05, 4.69) is 26.2 Å². The number of ether oxygens (including phenoxy) is 1. The molecule has 0 saturated heterocycles. The highest BCUT2D eigenvalue weighted by atomic mass is 79.9. The molecule has 0 saturated carbocycles. The van der Waals surface area contributed by atoms with Gasteiger partial charge in [0.05, 0.1) is 11.1 Å². The summed E-state index contributed by atoms with van der Waals surface area (Å²) in [7, 11) is 0. The molecule has 0 fully saturated rings. The fourth-order valence-electron chi connectivity index (χ4n) is 2.89. The normalized spacial score (nSPS) is 10.9. The van der Waals surface area contributed by atoms with E-state index in [0.717, 1.165) is 17.7 Å². The van der Waals surface area contributed by atoms with E-state index in [9.17, 15) is 9.90 Å². The third kappa shape index (κ3) is 4.31. The van der Waals surface area contributed by atoms with Gasteiger partial charge in [-0.3, -0.25) is 4.79 Å². The van der Waals surface area contributed by atoms with E-state index >= 15 is 0 Å². The fourth-order valence-corrected chi connectivity index (χ4v) is 3.27. The highest BCUT2D eigenvalue weighted by molar-refractivity contribution is 9.10. The molecule has 1 aromatic heterocycles. The molecule has 0 aliphatic carbocycles. The lowest BCUT2D eigenvalue weighted by molar-refractivity contribution is 0.102. The molecule has 0 radical (unpaired) electrons. The summed E-state index contributed by atoms with van der Waals surface area (Å²) < 4.78 is 11.9. The predicted octanol–water partition coefficient (Wildman–Crippen LogP) is 6.00. The van der Waals surface area contributed by atoms with Crippen LogP contribution in [-0.4, -0.2) is 22.6 Å². The number of phenolic OH excluding ortho intramolecular Hbond substituents is 1. The number of rotatable bonds is 6. The van der Waals surface area contributed by atoms with Gasteiger partial charge in [0.1, 0.15) is 17.0 Å². The molecule has 152 valence electrons. The van der Waals surface area contributed by atoms with E-state index in [4.69, 9.17) is 9.15 Å². The molecule has 7 heteroatoms. The number of hydrogen-bond acceptors (Lipinski definition) is 5. The summed E-state index contributed by atoms with van der Waals surface area (Å²) in [6, 6.07) is 17.3. The number of oxazole rings is 1. The molecule has 0 unspecified atom stereocenters. The third-order valence-corrected chi connectivity index (χ3v) is 5.06. The van der Waals surface area contributed by atoms with Crippen molar-refractivity contribution in [2.75, 3.05) is 11.9 Å². The van der Waals surface area contributed by atoms with Crippen molar-refractivity contribution in [1.82, 2.24) is 4.98 Å². The Morgan fingerprint density at radius 3 is 2.67 bits per heavy atom. The van der Waals surface area contributed by atoms with Crippen LogP contribution < -0.4 is 10.1 Å². The number of carbonyl (C=O) groups is 1. The number of nitrogens with one attached hydrogen (secondary N) is 1. The van der Waals surface area contributed by atoms with Crippen molar-refractivity contribution in [3.8, 4) is 23.0 Å². The maximum atomic E-state index is 12.5. The van der Waals surface area contributed by atoms with Crippen LogP contribution in [0.5, 0.6) is 11.5 Å². The molecule has 4 rings (SSSR count). The molecule has 0 spiro atoms. The van der Waals surface area contributed by atoms with E-state index < -0.39 is 0 Å². The first-order chi connectivity index (χ1) is 14.5. The number of fused-ring (bicyclic) bond motifs is 1.